The van der Waals surface area contributed by atoms with E-state index in [0.29, 0.717) is 18.3 Å². The fourth-order valence-corrected chi connectivity index (χ4v) is 2.61. The van der Waals surface area contributed by atoms with Gasteiger partial charge in [0.05, 0.1) is 24.0 Å². The van der Waals surface area contributed by atoms with E-state index < -0.39 is 0 Å². The minimum Gasteiger partial charge on any atom is -0.382 e. The maximum absolute atomic E-state index is 9.10. The maximum atomic E-state index is 9.10. The second kappa shape index (κ2) is 7.49. The van der Waals surface area contributed by atoms with Crippen molar-refractivity contribution in [3.8, 4) is 6.07 Å². The number of ether oxygens (including phenoxy) is 1. The normalized spacial score (nSPS) is 16.0. The van der Waals surface area contributed by atoms with Crippen molar-refractivity contribution >= 4 is 21.6 Å². The van der Waals surface area contributed by atoms with Crippen LogP contribution in [0.25, 0.3) is 0 Å². The van der Waals surface area contributed by atoms with Gasteiger partial charge in [-0.25, -0.2) is 0 Å². The molecule has 1 fully saturated rings. The van der Waals surface area contributed by atoms with Crippen molar-refractivity contribution in [3.05, 3.63) is 28.2 Å². The Kier molecular flexibility index (Phi) is 5.64. The second-order valence-corrected chi connectivity index (χ2v) is 5.38. The zero-order valence-corrected chi connectivity index (χ0v) is 12.4. The molecule has 1 aromatic carbocycles. The Morgan fingerprint density at radius 2 is 2.21 bits per heavy atom. The zero-order chi connectivity index (χ0) is 13.5. The molecule has 1 heterocycles. The molecule has 0 aromatic heterocycles. The Hall–Kier alpha value is -1.09. The third-order valence-corrected chi connectivity index (χ3v) is 3.84. The monoisotopic (exact) mass is 323 g/mol. The lowest BCUT2D eigenvalue weighted by Crippen LogP contribution is -2.33. The predicted molar refractivity (Wildman–Crippen MR) is 79.2 cm³/mol. The summed E-state index contributed by atoms with van der Waals surface area (Å²) in [6, 6.07) is 7.89. The van der Waals surface area contributed by atoms with Gasteiger partial charge in [-0.15, -0.1) is 0 Å². The van der Waals surface area contributed by atoms with Crippen LogP contribution < -0.4 is 10.6 Å². The van der Waals surface area contributed by atoms with E-state index in [1.165, 1.54) is 0 Å². The van der Waals surface area contributed by atoms with Gasteiger partial charge in [0.15, 0.2) is 0 Å². The van der Waals surface area contributed by atoms with Crippen LogP contribution in [0.2, 0.25) is 0 Å². The molecule has 0 unspecified atom stereocenters. The van der Waals surface area contributed by atoms with Gasteiger partial charge in [-0.2, -0.15) is 5.26 Å². The third kappa shape index (κ3) is 4.20. The van der Waals surface area contributed by atoms with Gasteiger partial charge in [0.1, 0.15) is 6.07 Å². The largest absolute Gasteiger partial charge is 0.382 e. The summed E-state index contributed by atoms with van der Waals surface area (Å²) in [7, 11) is 0. The predicted octanol–water partition coefficient (Wildman–Crippen LogP) is 2.50. The van der Waals surface area contributed by atoms with Crippen molar-refractivity contribution in [1.82, 2.24) is 5.32 Å². The van der Waals surface area contributed by atoms with Gasteiger partial charge in [0.2, 0.25) is 0 Å². The van der Waals surface area contributed by atoms with E-state index in [-0.39, 0.29) is 0 Å². The molecule has 2 rings (SSSR count). The minimum absolute atomic E-state index is 0.376. The highest BCUT2D eigenvalue weighted by Crippen LogP contribution is 2.23. The lowest BCUT2D eigenvalue weighted by molar-refractivity contribution is 0.0394. The van der Waals surface area contributed by atoms with E-state index in [0.717, 1.165) is 42.6 Å². The van der Waals surface area contributed by atoms with Crippen LogP contribution in [0.5, 0.6) is 0 Å². The number of rotatable bonds is 5. The van der Waals surface area contributed by atoms with Gasteiger partial charge >= 0.3 is 0 Å². The molecule has 0 radical (unpaired) electrons. The minimum atomic E-state index is 0.376. The molecule has 0 spiro atoms. The quantitative estimate of drug-likeness (QED) is 0.817. The number of piperidine rings is 1. The molecule has 1 aliphatic heterocycles. The highest BCUT2D eigenvalue weighted by molar-refractivity contribution is 9.10. The van der Waals surface area contributed by atoms with E-state index in [1.807, 2.05) is 18.2 Å². The summed E-state index contributed by atoms with van der Waals surface area (Å²) in [6.07, 6.45) is 2.54. The van der Waals surface area contributed by atoms with Crippen molar-refractivity contribution in [1.29, 1.82) is 5.26 Å². The van der Waals surface area contributed by atoms with Gasteiger partial charge in [0, 0.05) is 11.0 Å². The number of hydrogen-bond acceptors (Lipinski definition) is 4. The summed E-state index contributed by atoms with van der Waals surface area (Å²) >= 11 is 3.38. The summed E-state index contributed by atoms with van der Waals surface area (Å²) in [4.78, 5) is 0. The van der Waals surface area contributed by atoms with Crippen LogP contribution in [-0.4, -0.2) is 32.3 Å². The molecule has 102 valence electrons. The van der Waals surface area contributed by atoms with Crippen molar-refractivity contribution in [2.45, 2.75) is 18.9 Å². The maximum Gasteiger partial charge on any atom is 0.103 e. The van der Waals surface area contributed by atoms with Crippen molar-refractivity contribution in [2.75, 3.05) is 31.6 Å². The topological polar surface area (TPSA) is 57.1 Å². The standard InChI is InChI=1S/C14H18BrN3O/c15-13-2-1-3-14(12(13)10-16)18-8-9-19-11-4-6-17-7-5-11/h1-3,11,17-18H,4-9H2. The number of halogens is 1. The van der Waals surface area contributed by atoms with Crippen molar-refractivity contribution in [2.24, 2.45) is 0 Å². The molecular formula is C14H18BrN3O. The first kappa shape index (κ1) is 14.3. The molecule has 19 heavy (non-hydrogen) atoms. The van der Waals surface area contributed by atoms with E-state index in [2.05, 4.69) is 32.6 Å². The Morgan fingerprint density at radius 3 is 2.95 bits per heavy atom. The molecular weight excluding hydrogens is 306 g/mol. The molecule has 2 N–H and O–H groups in total. The molecule has 5 heteroatoms. The first-order chi connectivity index (χ1) is 9.31. The van der Waals surface area contributed by atoms with E-state index in [1.54, 1.807) is 0 Å². The lowest BCUT2D eigenvalue weighted by Gasteiger charge is -2.23. The van der Waals surface area contributed by atoms with Crippen LogP contribution >= 0.6 is 15.9 Å². The Labute approximate surface area is 122 Å². The number of hydrogen-bond donors (Lipinski definition) is 2. The molecule has 0 aliphatic carbocycles. The second-order valence-electron chi connectivity index (χ2n) is 4.52. The fraction of sp³-hybridized carbons (Fsp3) is 0.500. The number of nitriles is 1. The molecule has 0 bridgehead atoms. The molecule has 0 amide bonds. The van der Waals surface area contributed by atoms with Gasteiger partial charge in [-0.3, -0.25) is 0 Å². The van der Waals surface area contributed by atoms with Crippen molar-refractivity contribution < 1.29 is 4.74 Å². The number of nitrogens with zero attached hydrogens (tertiary/aromatic N) is 1. The Morgan fingerprint density at radius 1 is 1.42 bits per heavy atom. The fourth-order valence-electron chi connectivity index (χ4n) is 2.16. The summed E-state index contributed by atoms with van der Waals surface area (Å²) in [5.41, 5.74) is 1.50. The lowest BCUT2D eigenvalue weighted by atomic mass is 10.1. The summed E-state index contributed by atoms with van der Waals surface area (Å²) < 4.78 is 6.63. The SMILES string of the molecule is N#Cc1c(Br)cccc1NCCOC1CCNCC1. The van der Waals surface area contributed by atoms with Crippen LogP contribution in [0.15, 0.2) is 22.7 Å². The molecule has 0 saturated carbocycles. The van der Waals surface area contributed by atoms with Crippen molar-refractivity contribution in [3.63, 3.8) is 0 Å². The van der Waals surface area contributed by atoms with Crippen LogP contribution in [-0.2, 0) is 4.74 Å². The van der Waals surface area contributed by atoms with Crippen LogP contribution in [0.4, 0.5) is 5.69 Å². The average molecular weight is 324 g/mol. The van der Waals surface area contributed by atoms with E-state index in [4.69, 9.17) is 10.00 Å². The summed E-state index contributed by atoms with van der Waals surface area (Å²) in [5.74, 6) is 0. The Bertz CT molecular complexity index is 452. The average Bonchev–Trinajstić information content (AvgIpc) is 2.45. The third-order valence-electron chi connectivity index (χ3n) is 3.18. The number of anilines is 1. The smallest absolute Gasteiger partial charge is 0.103 e. The van der Waals surface area contributed by atoms with Crippen LogP contribution in [0.3, 0.4) is 0 Å². The zero-order valence-electron chi connectivity index (χ0n) is 10.8. The van der Waals surface area contributed by atoms with Crippen LogP contribution in [0, 0.1) is 11.3 Å². The highest BCUT2D eigenvalue weighted by Gasteiger charge is 2.12. The van der Waals surface area contributed by atoms with Gasteiger partial charge in [-0.05, 0) is 54.0 Å². The molecule has 0 atom stereocenters. The molecule has 4 nitrogen and oxygen atoms in total. The van der Waals surface area contributed by atoms with Gasteiger partial charge < -0.3 is 15.4 Å². The van der Waals surface area contributed by atoms with Gasteiger partial charge in [0.25, 0.3) is 0 Å². The summed E-state index contributed by atoms with van der Waals surface area (Å²) in [6.45, 7) is 3.47. The Balaban J connectivity index is 1.76. The van der Waals surface area contributed by atoms with E-state index >= 15 is 0 Å². The first-order valence-electron chi connectivity index (χ1n) is 6.56. The van der Waals surface area contributed by atoms with E-state index in [9.17, 15) is 0 Å². The number of benzene rings is 1. The first-order valence-corrected chi connectivity index (χ1v) is 7.35. The highest BCUT2D eigenvalue weighted by atomic mass is 79.9. The number of nitrogens with one attached hydrogen (secondary N) is 2. The van der Waals surface area contributed by atoms with Crippen LogP contribution in [0.1, 0.15) is 18.4 Å². The van der Waals surface area contributed by atoms with Gasteiger partial charge in [-0.1, -0.05) is 6.07 Å². The molecule has 1 aromatic rings. The summed E-state index contributed by atoms with van der Waals surface area (Å²) in [5, 5.41) is 15.7. The molecule has 1 saturated heterocycles. The molecule has 1 aliphatic rings.